The largest absolute Gasteiger partial charge is 0.389 e. The van der Waals surface area contributed by atoms with Gasteiger partial charge in [0.2, 0.25) is 0 Å². The van der Waals surface area contributed by atoms with Gasteiger partial charge in [0, 0.05) is 18.2 Å². The van der Waals surface area contributed by atoms with Crippen molar-refractivity contribution in [2.24, 2.45) is 5.73 Å². The first-order chi connectivity index (χ1) is 9.38. The standard InChI is InChI=1S/C15H22F2N2S/c1-4-5-6-7-19(10(2)3)14-12(16)8-11(15(18)20)9-13(14)17/h8-10H,4-7H2,1-3H3,(H2,18,20). The summed E-state index contributed by atoms with van der Waals surface area (Å²) >= 11 is 4.76. The Labute approximate surface area is 125 Å². The van der Waals surface area contributed by atoms with Gasteiger partial charge in [-0.05, 0) is 32.4 Å². The number of hydrogen-bond acceptors (Lipinski definition) is 2. The van der Waals surface area contributed by atoms with Crippen molar-refractivity contribution in [3.63, 3.8) is 0 Å². The second-order valence-corrected chi connectivity index (χ2v) is 5.59. The van der Waals surface area contributed by atoms with Crippen molar-refractivity contribution in [1.29, 1.82) is 0 Å². The molecule has 0 saturated carbocycles. The van der Waals surface area contributed by atoms with Gasteiger partial charge >= 0.3 is 0 Å². The van der Waals surface area contributed by atoms with E-state index in [2.05, 4.69) is 6.92 Å². The molecule has 0 aliphatic heterocycles. The van der Waals surface area contributed by atoms with Crippen molar-refractivity contribution >= 4 is 22.9 Å². The molecule has 5 heteroatoms. The van der Waals surface area contributed by atoms with Crippen molar-refractivity contribution in [1.82, 2.24) is 0 Å². The van der Waals surface area contributed by atoms with Gasteiger partial charge in [-0.3, -0.25) is 0 Å². The molecular formula is C15H22F2N2S. The zero-order chi connectivity index (χ0) is 15.3. The van der Waals surface area contributed by atoms with E-state index in [0.29, 0.717) is 6.54 Å². The highest BCUT2D eigenvalue weighted by atomic mass is 32.1. The van der Waals surface area contributed by atoms with Gasteiger partial charge in [0.1, 0.15) is 22.3 Å². The van der Waals surface area contributed by atoms with Gasteiger partial charge in [-0.2, -0.15) is 0 Å². The van der Waals surface area contributed by atoms with E-state index in [1.807, 2.05) is 13.8 Å². The van der Waals surface area contributed by atoms with E-state index in [4.69, 9.17) is 18.0 Å². The molecule has 0 amide bonds. The van der Waals surface area contributed by atoms with Crippen LogP contribution in [0.25, 0.3) is 0 Å². The van der Waals surface area contributed by atoms with Crippen molar-refractivity contribution in [2.45, 2.75) is 46.1 Å². The van der Waals surface area contributed by atoms with E-state index in [1.54, 1.807) is 4.90 Å². The lowest BCUT2D eigenvalue weighted by atomic mass is 10.1. The molecule has 0 heterocycles. The number of halogens is 2. The average Bonchev–Trinajstić information content (AvgIpc) is 2.35. The van der Waals surface area contributed by atoms with Crippen LogP contribution in [0.4, 0.5) is 14.5 Å². The monoisotopic (exact) mass is 300 g/mol. The summed E-state index contributed by atoms with van der Waals surface area (Å²) in [4.78, 5) is 1.75. The molecule has 112 valence electrons. The third-order valence-corrected chi connectivity index (χ3v) is 3.45. The van der Waals surface area contributed by atoms with Crippen molar-refractivity contribution in [3.8, 4) is 0 Å². The Morgan fingerprint density at radius 3 is 2.20 bits per heavy atom. The molecule has 0 radical (unpaired) electrons. The maximum atomic E-state index is 14.2. The normalized spacial score (nSPS) is 10.9. The van der Waals surface area contributed by atoms with Crippen LogP contribution in [0.2, 0.25) is 0 Å². The van der Waals surface area contributed by atoms with E-state index in [0.717, 1.165) is 19.3 Å². The second-order valence-electron chi connectivity index (χ2n) is 5.15. The van der Waals surface area contributed by atoms with Gasteiger partial charge in [-0.1, -0.05) is 32.0 Å². The fourth-order valence-corrected chi connectivity index (χ4v) is 2.26. The van der Waals surface area contributed by atoms with E-state index in [-0.39, 0.29) is 22.3 Å². The molecule has 1 aromatic carbocycles. The van der Waals surface area contributed by atoms with Gasteiger partial charge in [0.25, 0.3) is 0 Å². The van der Waals surface area contributed by atoms with Crippen molar-refractivity contribution < 1.29 is 8.78 Å². The zero-order valence-corrected chi connectivity index (χ0v) is 13.1. The molecule has 0 fully saturated rings. The van der Waals surface area contributed by atoms with E-state index >= 15 is 0 Å². The Bertz CT molecular complexity index is 452. The van der Waals surface area contributed by atoms with Crippen molar-refractivity contribution in [3.05, 3.63) is 29.3 Å². The SMILES string of the molecule is CCCCCN(c1c(F)cc(C(N)=S)cc1F)C(C)C. The lowest BCUT2D eigenvalue weighted by molar-refractivity contribution is 0.545. The molecule has 2 N–H and O–H groups in total. The third-order valence-electron chi connectivity index (χ3n) is 3.21. The quantitative estimate of drug-likeness (QED) is 0.609. The molecule has 0 aliphatic carbocycles. The summed E-state index contributed by atoms with van der Waals surface area (Å²) in [7, 11) is 0. The summed E-state index contributed by atoms with van der Waals surface area (Å²) in [5.74, 6) is -1.23. The van der Waals surface area contributed by atoms with Crippen molar-refractivity contribution in [2.75, 3.05) is 11.4 Å². The lowest BCUT2D eigenvalue weighted by Crippen LogP contribution is -2.33. The van der Waals surface area contributed by atoms with E-state index in [9.17, 15) is 8.78 Å². The summed E-state index contributed by atoms with van der Waals surface area (Å²) in [6.45, 7) is 6.57. The van der Waals surface area contributed by atoms with Crippen LogP contribution in [0.3, 0.4) is 0 Å². The number of benzene rings is 1. The van der Waals surface area contributed by atoms with Crippen LogP contribution < -0.4 is 10.6 Å². The predicted octanol–water partition coefficient (Wildman–Crippen LogP) is 4.00. The van der Waals surface area contributed by atoms with Crippen LogP contribution in [-0.4, -0.2) is 17.6 Å². The number of nitrogens with two attached hydrogens (primary N) is 1. The second kappa shape index (κ2) is 7.53. The molecule has 0 aromatic heterocycles. The summed E-state index contributed by atoms with van der Waals surface area (Å²) in [5.41, 5.74) is 5.65. The molecular weight excluding hydrogens is 278 g/mol. The smallest absolute Gasteiger partial charge is 0.150 e. The Morgan fingerprint density at radius 1 is 1.25 bits per heavy atom. The van der Waals surface area contributed by atoms with Gasteiger partial charge in [-0.15, -0.1) is 0 Å². The maximum Gasteiger partial charge on any atom is 0.150 e. The molecule has 1 aromatic rings. The van der Waals surface area contributed by atoms with E-state index in [1.165, 1.54) is 12.1 Å². The fourth-order valence-electron chi connectivity index (χ4n) is 2.14. The van der Waals surface area contributed by atoms with Crippen LogP contribution in [0.5, 0.6) is 0 Å². The Balaban J connectivity index is 3.10. The molecule has 0 unspecified atom stereocenters. The lowest BCUT2D eigenvalue weighted by Gasteiger charge is -2.30. The third kappa shape index (κ3) is 4.13. The molecule has 0 spiro atoms. The maximum absolute atomic E-state index is 14.2. The van der Waals surface area contributed by atoms with Crippen LogP contribution >= 0.6 is 12.2 Å². The number of unbranched alkanes of at least 4 members (excludes halogenated alkanes) is 2. The molecule has 1 rings (SSSR count). The van der Waals surface area contributed by atoms with Gasteiger partial charge < -0.3 is 10.6 Å². The average molecular weight is 300 g/mol. The molecule has 0 aliphatic rings. The van der Waals surface area contributed by atoms with Crippen LogP contribution in [0, 0.1) is 11.6 Å². The summed E-state index contributed by atoms with van der Waals surface area (Å²) < 4.78 is 28.4. The molecule has 0 bridgehead atoms. The first-order valence-electron chi connectivity index (χ1n) is 6.94. The molecule has 20 heavy (non-hydrogen) atoms. The van der Waals surface area contributed by atoms with Gasteiger partial charge in [0.05, 0.1) is 0 Å². The minimum atomic E-state index is -0.613. The van der Waals surface area contributed by atoms with E-state index < -0.39 is 11.6 Å². The minimum Gasteiger partial charge on any atom is -0.389 e. The van der Waals surface area contributed by atoms with Gasteiger partial charge in [0.15, 0.2) is 0 Å². The highest BCUT2D eigenvalue weighted by Gasteiger charge is 2.20. The first-order valence-corrected chi connectivity index (χ1v) is 7.34. The number of rotatable bonds is 7. The Morgan fingerprint density at radius 2 is 1.80 bits per heavy atom. The fraction of sp³-hybridized carbons (Fsp3) is 0.533. The zero-order valence-electron chi connectivity index (χ0n) is 12.2. The highest BCUT2D eigenvalue weighted by molar-refractivity contribution is 7.80. The topological polar surface area (TPSA) is 29.3 Å². The Hall–Kier alpha value is -1.23. The van der Waals surface area contributed by atoms with Crippen LogP contribution in [0.15, 0.2) is 12.1 Å². The number of nitrogens with zero attached hydrogens (tertiary/aromatic N) is 1. The predicted molar refractivity (Wildman–Crippen MR) is 84.3 cm³/mol. The number of anilines is 1. The summed E-state index contributed by atoms with van der Waals surface area (Å²) in [6.07, 6.45) is 3.01. The number of thiocarbonyl (C=S) groups is 1. The number of hydrogen-bond donors (Lipinski definition) is 1. The Kier molecular flexibility index (Phi) is 6.33. The van der Waals surface area contributed by atoms with Gasteiger partial charge in [-0.25, -0.2) is 8.78 Å². The van der Waals surface area contributed by atoms with Crippen LogP contribution in [-0.2, 0) is 0 Å². The molecule has 0 saturated heterocycles. The molecule has 2 nitrogen and oxygen atoms in total. The minimum absolute atomic E-state index is 0.00331. The first kappa shape index (κ1) is 16.8. The van der Waals surface area contributed by atoms with Crippen LogP contribution in [0.1, 0.15) is 45.6 Å². The molecule has 0 atom stereocenters. The highest BCUT2D eigenvalue weighted by Crippen LogP contribution is 2.27. The summed E-state index contributed by atoms with van der Waals surface area (Å²) in [6, 6.07) is 2.43. The summed E-state index contributed by atoms with van der Waals surface area (Å²) in [5, 5.41) is 0.